The van der Waals surface area contributed by atoms with E-state index in [2.05, 4.69) is 397 Å². The van der Waals surface area contributed by atoms with Crippen LogP contribution in [0.15, 0.2) is 243 Å². The number of aryl methyl sites for hydroxylation is 4. The number of fused-ring (bicyclic) bond motifs is 4. The fourth-order valence-electron chi connectivity index (χ4n) is 13.0. The number of rotatable bonds is 8. The third-order valence-corrected chi connectivity index (χ3v) is 19.1. The van der Waals surface area contributed by atoms with Crippen LogP contribution in [0.4, 0.5) is 91.5 Å². The molecular formula is C92H92Ir4N12-8. The summed E-state index contributed by atoms with van der Waals surface area (Å²) in [7, 11) is 0. The average molecular weight is 2130 g/mol. The molecule has 4 radical (unpaired) electrons. The van der Waals surface area contributed by atoms with Crippen molar-refractivity contribution in [1.82, 2.24) is 19.9 Å². The van der Waals surface area contributed by atoms with E-state index in [-0.39, 0.29) is 102 Å². The number of aromatic nitrogens is 4. The molecule has 108 heavy (non-hydrogen) atoms. The number of anilines is 16. The predicted octanol–water partition coefficient (Wildman–Crippen LogP) is 23.6. The summed E-state index contributed by atoms with van der Waals surface area (Å²) < 4.78 is 0. The Bertz CT molecular complexity index is 4610. The molecule has 9 aromatic carbocycles. The van der Waals surface area contributed by atoms with Gasteiger partial charge < -0.3 is 39.2 Å². The van der Waals surface area contributed by atoms with Gasteiger partial charge in [0.15, 0.2) is 0 Å². The number of pyridine rings is 2. The molecule has 3 aromatic heterocycles. The molecule has 0 saturated carbocycles. The zero-order chi connectivity index (χ0) is 73.2. The van der Waals surface area contributed by atoms with Crippen LogP contribution in [0.2, 0.25) is 0 Å². The zero-order valence-electron chi connectivity index (χ0n) is 64.1. The van der Waals surface area contributed by atoms with Crippen LogP contribution in [0, 0.1) is 78.6 Å². The standard InChI is InChI=1S/C24H24N2.2C23H23N3.C22H22N4.4Ir/c1-18-9-5-6-10-21(18)26-17-25(22-11-7-8-12-23(22)26)20-15-13-19(14-16-20)24(2,3)4;1-17-9-5-6-12-20(17)26-16-25(22-21(26)13-8-14-24-22)19-11-7-10-18(15-19)23(2,3)4;1-17-8-5-6-9-20(17)26-16-25(21-10-7-15-24-22(21)26)19-13-11-18(12-14-19)23(2,3)4;1-16-7-5-6-8-19(16)26-15-25(20-21(26)24-14-13-23-20)18-11-9-17(10-12-18)22(2,3)4;;;;/h5-15,17H,1-4H3;5-10,12-16H,1-4H3;5-13,15-16H,1-4H3;5-11,13-15H,1-4H3;;;;/q4*-2;;;;. The molecule has 0 bridgehead atoms. The first kappa shape index (κ1) is 83.4. The van der Waals surface area contributed by atoms with Crippen molar-refractivity contribution in [1.29, 1.82) is 0 Å². The van der Waals surface area contributed by atoms with E-state index in [4.69, 9.17) is 0 Å². The molecule has 0 saturated heterocycles. The Hall–Kier alpha value is -8.64. The molecule has 0 N–H and O–H groups in total. The largest absolute Gasteiger partial charge is 0.493 e. The second-order valence-corrected chi connectivity index (χ2v) is 30.8. The first-order valence-electron chi connectivity index (χ1n) is 35.7. The van der Waals surface area contributed by atoms with E-state index in [0.717, 1.165) is 74.5 Å². The molecule has 564 valence electrons. The molecule has 0 spiro atoms. The molecule has 16 heteroatoms. The maximum atomic E-state index is 4.65. The molecule has 12 aromatic rings. The fraction of sp³-hybridized carbons (Fsp3) is 0.217. The van der Waals surface area contributed by atoms with E-state index >= 15 is 0 Å². The molecule has 4 aliphatic rings. The Morgan fingerprint density at radius 3 is 0.944 bits per heavy atom. The van der Waals surface area contributed by atoms with Crippen LogP contribution in [0.5, 0.6) is 0 Å². The Morgan fingerprint density at radius 2 is 0.537 bits per heavy atom. The Morgan fingerprint density at radius 1 is 0.250 bits per heavy atom. The van der Waals surface area contributed by atoms with Gasteiger partial charge in [-0.1, -0.05) is 184 Å². The number of para-hydroxylation sites is 6. The van der Waals surface area contributed by atoms with Crippen molar-refractivity contribution < 1.29 is 80.4 Å². The average Bonchev–Trinajstić information content (AvgIpc) is 1.63. The monoisotopic (exact) mass is 2140 g/mol. The fourth-order valence-corrected chi connectivity index (χ4v) is 13.0. The molecule has 16 rings (SSSR count). The van der Waals surface area contributed by atoms with Gasteiger partial charge in [-0.2, -0.15) is 95.1 Å². The van der Waals surface area contributed by atoms with Crippen molar-refractivity contribution in [2.45, 2.75) is 132 Å². The summed E-state index contributed by atoms with van der Waals surface area (Å²) in [5.74, 6) is 3.51. The summed E-state index contributed by atoms with van der Waals surface area (Å²) in [5.41, 5.74) is 23.6. The van der Waals surface area contributed by atoms with Crippen molar-refractivity contribution in [3.63, 3.8) is 0 Å². The molecule has 12 nitrogen and oxygen atoms in total. The third kappa shape index (κ3) is 18.1. The van der Waals surface area contributed by atoms with Crippen molar-refractivity contribution in [2.24, 2.45) is 0 Å². The van der Waals surface area contributed by atoms with Crippen LogP contribution in [-0.2, 0) is 102 Å². The van der Waals surface area contributed by atoms with Crippen molar-refractivity contribution in [3.8, 4) is 0 Å². The molecule has 0 amide bonds. The second-order valence-electron chi connectivity index (χ2n) is 30.8. The van der Waals surface area contributed by atoms with Crippen LogP contribution < -0.4 is 39.2 Å². The Kier molecular flexibility index (Phi) is 27.0. The van der Waals surface area contributed by atoms with Crippen LogP contribution in [0.25, 0.3) is 0 Å². The van der Waals surface area contributed by atoms with Gasteiger partial charge in [-0.3, -0.25) is 0 Å². The summed E-state index contributed by atoms with van der Waals surface area (Å²) in [6.07, 6.45) is 7.14. The molecule has 0 unspecified atom stereocenters. The molecular weight excluding hydrogens is 2040 g/mol. The smallest absolute Gasteiger partial charge is 0.145 e. The quantitative estimate of drug-likeness (QED) is 0.136. The van der Waals surface area contributed by atoms with Gasteiger partial charge in [-0.25, -0.2) is 19.9 Å². The first-order valence-corrected chi connectivity index (χ1v) is 35.7. The van der Waals surface area contributed by atoms with E-state index in [1.165, 1.54) is 61.6 Å². The number of benzene rings is 9. The van der Waals surface area contributed by atoms with Gasteiger partial charge in [-0.15, -0.1) is 73.7 Å². The normalized spacial score (nSPS) is 13.3. The third-order valence-electron chi connectivity index (χ3n) is 19.1. The summed E-state index contributed by atoms with van der Waals surface area (Å²) in [5, 5.41) is 0. The van der Waals surface area contributed by atoms with E-state index < -0.39 is 0 Å². The van der Waals surface area contributed by atoms with Crippen LogP contribution in [-0.4, -0.2) is 19.9 Å². The maximum Gasteiger partial charge on any atom is 0.145 e. The molecule has 7 heterocycles. The second kappa shape index (κ2) is 34.9. The Labute approximate surface area is 696 Å². The minimum atomic E-state index is 0. The first-order chi connectivity index (χ1) is 49.8. The van der Waals surface area contributed by atoms with E-state index in [1.807, 2.05) is 54.3 Å². The Balaban J connectivity index is 0.000000164. The van der Waals surface area contributed by atoms with Gasteiger partial charge in [0.05, 0.1) is 11.4 Å². The van der Waals surface area contributed by atoms with Crippen LogP contribution in [0.3, 0.4) is 0 Å². The summed E-state index contributed by atoms with van der Waals surface area (Å²) >= 11 is 0. The van der Waals surface area contributed by atoms with Gasteiger partial charge in [-0.05, 0) is 116 Å². The van der Waals surface area contributed by atoms with Gasteiger partial charge in [0, 0.05) is 139 Å². The van der Waals surface area contributed by atoms with Gasteiger partial charge in [0.1, 0.15) is 23.3 Å². The van der Waals surface area contributed by atoms with Crippen molar-refractivity contribution in [3.05, 3.63) is 339 Å². The van der Waals surface area contributed by atoms with E-state index in [1.54, 1.807) is 12.4 Å². The summed E-state index contributed by atoms with van der Waals surface area (Å²) in [6.45, 7) is 43.6. The molecule has 0 fully saturated rings. The minimum absolute atomic E-state index is 0. The number of hydrogen-bond acceptors (Lipinski definition) is 12. The van der Waals surface area contributed by atoms with Gasteiger partial charge in [0.2, 0.25) is 0 Å². The van der Waals surface area contributed by atoms with E-state index in [9.17, 15) is 0 Å². The number of nitrogens with zero attached hydrogens (tertiary/aromatic N) is 12. The molecule has 0 atom stereocenters. The SMILES string of the molecule is Cc1ccccc1N1[CH-]N(c2[c-]cc(C(C)(C)C)cc2)c2ccccc21.Cc1ccccc1N1[CH-]N(c2[c-]cc(C(C)(C)C)cc2)c2cccnc21.Cc1ccccc1N1[CH-]N(c2[c-]cc(C(C)(C)C)cc2)c2nccnc21.Cc1ccccc1N1[CH-]N(c2[c-]ccc(C(C)(C)C)c2)c2ncccc21.[Ir].[Ir].[Ir].[Ir]. The van der Waals surface area contributed by atoms with Crippen LogP contribution in [0.1, 0.15) is 128 Å². The predicted molar refractivity (Wildman–Crippen MR) is 432 cm³/mol. The summed E-state index contributed by atoms with van der Waals surface area (Å²) in [6, 6.07) is 89.5. The van der Waals surface area contributed by atoms with Crippen LogP contribution >= 0.6 is 0 Å². The van der Waals surface area contributed by atoms with Gasteiger partial charge >= 0.3 is 0 Å². The van der Waals surface area contributed by atoms with E-state index in [0.29, 0.717) is 0 Å². The van der Waals surface area contributed by atoms with Gasteiger partial charge in [0.25, 0.3) is 0 Å². The number of hydrogen-bond donors (Lipinski definition) is 0. The van der Waals surface area contributed by atoms with Crippen molar-refractivity contribution >= 4 is 91.5 Å². The van der Waals surface area contributed by atoms with Crippen molar-refractivity contribution in [2.75, 3.05) is 39.2 Å². The minimum Gasteiger partial charge on any atom is -0.493 e. The molecule has 0 aliphatic carbocycles. The topological polar surface area (TPSA) is 77.5 Å². The zero-order valence-corrected chi connectivity index (χ0v) is 73.7. The molecule has 4 aliphatic heterocycles. The summed E-state index contributed by atoms with van der Waals surface area (Å²) in [4.78, 5) is 35.6. The maximum absolute atomic E-state index is 4.65.